The van der Waals surface area contributed by atoms with Gasteiger partial charge in [0.2, 0.25) is 18.0 Å². The molecule has 0 saturated carbocycles. The lowest BCUT2D eigenvalue weighted by atomic mass is 10.1. The van der Waals surface area contributed by atoms with Gasteiger partial charge in [-0.15, -0.1) is 5.10 Å². The van der Waals surface area contributed by atoms with Crippen LogP contribution in [0.4, 0.5) is 10.1 Å². The number of rotatable bonds is 8. The topological polar surface area (TPSA) is 54.4 Å². The van der Waals surface area contributed by atoms with Gasteiger partial charge in [-0.1, -0.05) is 35.3 Å². The number of ether oxygens (including phenoxy) is 2. The highest BCUT2D eigenvalue weighted by Gasteiger charge is 2.35. The predicted molar refractivity (Wildman–Crippen MR) is 140 cm³/mol. The Morgan fingerprint density at radius 3 is 2.53 bits per heavy atom. The van der Waals surface area contributed by atoms with Gasteiger partial charge in [-0.25, -0.2) is 4.39 Å². The SMILES string of the molecule is CCN(CC)c1ccc(C2OC(c3cccc(Cl)c3)=NN2C(C)=O)c(OCc2c(F)cccc2Cl)c1. The van der Waals surface area contributed by atoms with Crippen molar-refractivity contribution in [3.8, 4) is 5.75 Å². The van der Waals surface area contributed by atoms with Crippen molar-refractivity contribution in [2.24, 2.45) is 5.10 Å². The fraction of sp³-hybridized carbons (Fsp3) is 0.259. The van der Waals surface area contributed by atoms with Crippen LogP contribution in [-0.2, 0) is 16.1 Å². The molecule has 36 heavy (non-hydrogen) atoms. The Bertz CT molecular complexity index is 1280. The Balaban J connectivity index is 1.72. The van der Waals surface area contributed by atoms with E-state index in [1.165, 1.54) is 18.0 Å². The molecule has 188 valence electrons. The summed E-state index contributed by atoms with van der Waals surface area (Å²) in [5, 5.41) is 6.45. The molecule has 0 radical (unpaired) electrons. The lowest BCUT2D eigenvalue weighted by molar-refractivity contribution is -0.135. The predicted octanol–water partition coefficient (Wildman–Crippen LogP) is 6.80. The van der Waals surface area contributed by atoms with Crippen molar-refractivity contribution in [3.05, 3.63) is 93.2 Å². The summed E-state index contributed by atoms with van der Waals surface area (Å²) in [6, 6.07) is 17.1. The molecule has 0 aliphatic carbocycles. The van der Waals surface area contributed by atoms with Crippen molar-refractivity contribution in [2.45, 2.75) is 33.6 Å². The van der Waals surface area contributed by atoms with Crippen molar-refractivity contribution in [2.75, 3.05) is 18.0 Å². The summed E-state index contributed by atoms with van der Waals surface area (Å²) in [5.74, 6) is -0.0860. The van der Waals surface area contributed by atoms with E-state index in [9.17, 15) is 9.18 Å². The zero-order valence-corrected chi connectivity index (χ0v) is 21.7. The molecule has 1 aliphatic heterocycles. The number of anilines is 1. The van der Waals surface area contributed by atoms with Crippen LogP contribution in [0.25, 0.3) is 0 Å². The maximum atomic E-state index is 14.4. The van der Waals surface area contributed by atoms with E-state index in [1.807, 2.05) is 18.2 Å². The molecule has 1 heterocycles. The second-order valence-electron chi connectivity index (χ2n) is 8.13. The summed E-state index contributed by atoms with van der Waals surface area (Å²) >= 11 is 12.4. The Hall–Kier alpha value is -3.29. The van der Waals surface area contributed by atoms with Gasteiger partial charge in [0.1, 0.15) is 18.2 Å². The molecule has 0 aromatic heterocycles. The van der Waals surface area contributed by atoms with Crippen LogP contribution < -0.4 is 9.64 Å². The number of halogens is 3. The first-order valence-electron chi connectivity index (χ1n) is 11.6. The van der Waals surface area contributed by atoms with Gasteiger partial charge in [-0.2, -0.15) is 5.01 Å². The van der Waals surface area contributed by atoms with Crippen molar-refractivity contribution >= 4 is 40.7 Å². The van der Waals surface area contributed by atoms with E-state index in [0.29, 0.717) is 21.9 Å². The zero-order valence-electron chi connectivity index (χ0n) is 20.2. The minimum absolute atomic E-state index is 0.102. The van der Waals surface area contributed by atoms with Crippen LogP contribution in [0.3, 0.4) is 0 Å². The number of amides is 1. The molecule has 1 aliphatic rings. The summed E-state index contributed by atoms with van der Waals surface area (Å²) in [5.41, 5.74) is 2.36. The minimum Gasteiger partial charge on any atom is -0.488 e. The molecule has 3 aromatic carbocycles. The van der Waals surface area contributed by atoms with Crippen LogP contribution in [-0.4, -0.2) is 29.9 Å². The zero-order chi connectivity index (χ0) is 25.8. The van der Waals surface area contributed by atoms with E-state index >= 15 is 0 Å². The van der Waals surface area contributed by atoms with Crippen molar-refractivity contribution in [1.29, 1.82) is 0 Å². The number of benzene rings is 3. The number of carbonyl (C=O) groups is 1. The van der Waals surface area contributed by atoms with Crippen LogP contribution >= 0.6 is 23.2 Å². The highest BCUT2D eigenvalue weighted by Crippen LogP contribution is 2.38. The highest BCUT2D eigenvalue weighted by atomic mass is 35.5. The third-order valence-corrected chi connectivity index (χ3v) is 6.45. The van der Waals surface area contributed by atoms with Crippen molar-refractivity contribution in [1.82, 2.24) is 5.01 Å². The summed E-state index contributed by atoms with van der Waals surface area (Å²) in [4.78, 5) is 14.7. The summed E-state index contributed by atoms with van der Waals surface area (Å²) in [6.07, 6.45) is -0.881. The van der Waals surface area contributed by atoms with E-state index in [-0.39, 0.29) is 29.0 Å². The molecular formula is C27H26Cl2FN3O3. The van der Waals surface area contributed by atoms with E-state index in [1.54, 1.807) is 36.4 Å². The van der Waals surface area contributed by atoms with Gasteiger partial charge in [0.25, 0.3) is 0 Å². The molecule has 9 heteroatoms. The van der Waals surface area contributed by atoms with Crippen LogP contribution in [0.2, 0.25) is 10.0 Å². The van der Waals surface area contributed by atoms with Gasteiger partial charge in [-0.05, 0) is 56.3 Å². The summed E-state index contributed by atoms with van der Waals surface area (Å²) in [6.45, 7) is 6.99. The third kappa shape index (κ3) is 5.42. The molecule has 6 nitrogen and oxygen atoms in total. The molecule has 0 spiro atoms. The quantitative estimate of drug-likeness (QED) is 0.322. The smallest absolute Gasteiger partial charge is 0.243 e. The lowest BCUT2D eigenvalue weighted by Gasteiger charge is -2.26. The van der Waals surface area contributed by atoms with Gasteiger partial charge >= 0.3 is 0 Å². The number of carbonyl (C=O) groups excluding carboxylic acids is 1. The summed E-state index contributed by atoms with van der Waals surface area (Å²) < 4.78 is 26.7. The Kier molecular flexibility index (Phi) is 8.01. The fourth-order valence-electron chi connectivity index (χ4n) is 3.97. The number of nitrogens with zero attached hydrogens (tertiary/aromatic N) is 3. The first-order chi connectivity index (χ1) is 17.3. The van der Waals surface area contributed by atoms with Crippen molar-refractivity contribution in [3.63, 3.8) is 0 Å². The molecule has 1 unspecified atom stereocenters. The Morgan fingerprint density at radius 2 is 1.86 bits per heavy atom. The van der Waals surface area contributed by atoms with E-state index in [2.05, 4.69) is 23.8 Å². The van der Waals surface area contributed by atoms with Gasteiger partial charge in [0, 0.05) is 47.9 Å². The van der Waals surface area contributed by atoms with E-state index < -0.39 is 12.0 Å². The third-order valence-electron chi connectivity index (χ3n) is 5.86. The van der Waals surface area contributed by atoms with E-state index in [4.69, 9.17) is 32.7 Å². The second-order valence-corrected chi connectivity index (χ2v) is 8.98. The molecule has 0 N–H and O–H groups in total. The molecule has 1 atom stereocenters. The normalized spacial score (nSPS) is 14.9. The highest BCUT2D eigenvalue weighted by molar-refractivity contribution is 6.31. The van der Waals surface area contributed by atoms with Gasteiger partial charge < -0.3 is 14.4 Å². The maximum Gasteiger partial charge on any atom is 0.243 e. The number of hydrogen-bond acceptors (Lipinski definition) is 5. The number of hydrazone groups is 1. The van der Waals surface area contributed by atoms with Crippen molar-refractivity contribution < 1.29 is 18.7 Å². The second kappa shape index (κ2) is 11.2. The first kappa shape index (κ1) is 25.8. The standard InChI is InChI=1S/C27H26Cl2FN3O3/c1-4-32(5-2)20-12-13-21(25(15-20)35-16-22-23(29)10-7-11-24(22)30)27-33(17(3)34)31-26(36-27)18-8-6-9-19(28)14-18/h6-15,27H,4-5,16H2,1-3H3. The van der Waals surface area contributed by atoms with Crippen LogP contribution in [0.5, 0.6) is 5.75 Å². The number of hydrogen-bond donors (Lipinski definition) is 0. The van der Waals surface area contributed by atoms with E-state index in [0.717, 1.165) is 18.8 Å². The molecule has 4 rings (SSSR count). The largest absolute Gasteiger partial charge is 0.488 e. The van der Waals surface area contributed by atoms with Gasteiger partial charge in [0.15, 0.2) is 0 Å². The minimum atomic E-state index is -0.881. The average Bonchev–Trinajstić information content (AvgIpc) is 3.30. The Morgan fingerprint density at radius 1 is 1.11 bits per heavy atom. The van der Waals surface area contributed by atoms with Gasteiger partial charge in [-0.3, -0.25) is 4.79 Å². The summed E-state index contributed by atoms with van der Waals surface area (Å²) in [7, 11) is 0. The maximum absolute atomic E-state index is 14.4. The molecule has 1 amide bonds. The Labute approximate surface area is 219 Å². The molecule has 0 bridgehead atoms. The van der Waals surface area contributed by atoms with Gasteiger partial charge in [0.05, 0.1) is 10.6 Å². The average molecular weight is 530 g/mol. The van der Waals surface area contributed by atoms with Crippen LogP contribution in [0.1, 0.15) is 43.7 Å². The lowest BCUT2D eigenvalue weighted by Crippen LogP contribution is -2.26. The molecule has 0 fully saturated rings. The molecule has 0 saturated heterocycles. The molecular weight excluding hydrogens is 504 g/mol. The van der Waals surface area contributed by atoms with Crippen LogP contribution in [0.15, 0.2) is 65.8 Å². The molecule has 3 aromatic rings. The van der Waals surface area contributed by atoms with Crippen LogP contribution in [0, 0.1) is 5.82 Å². The first-order valence-corrected chi connectivity index (χ1v) is 12.3. The monoisotopic (exact) mass is 529 g/mol. The fourth-order valence-corrected chi connectivity index (χ4v) is 4.37.